The Morgan fingerprint density at radius 3 is 2.33 bits per heavy atom. The van der Waals surface area contributed by atoms with Crippen LogP contribution in [-0.2, 0) is 13.1 Å². The summed E-state index contributed by atoms with van der Waals surface area (Å²) in [5, 5.41) is 3.30. The van der Waals surface area contributed by atoms with Gasteiger partial charge in [0.2, 0.25) is 0 Å². The molecular weight excluding hydrogens is 224 g/mol. The summed E-state index contributed by atoms with van der Waals surface area (Å²) in [6, 6.07) is 10.2. The van der Waals surface area contributed by atoms with E-state index in [9.17, 15) is 0 Å². The largest absolute Gasteiger partial charge is 0.366 e. The second kappa shape index (κ2) is 5.60. The zero-order chi connectivity index (χ0) is 13.0. The Morgan fingerprint density at radius 2 is 1.72 bits per heavy atom. The van der Waals surface area contributed by atoms with Crippen LogP contribution in [0.1, 0.15) is 22.6 Å². The molecule has 0 spiro atoms. The third kappa shape index (κ3) is 3.28. The van der Waals surface area contributed by atoms with Gasteiger partial charge in [-0.15, -0.1) is 0 Å². The minimum absolute atomic E-state index is 0.581. The third-order valence-electron chi connectivity index (χ3n) is 2.70. The van der Waals surface area contributed by atoms with Crippen molar-refractivity contribution in [2.24, 2.45) is 5.73 Å². The fourth-order valence-corrected chi connectivity index (χ4v) is 1.79. The molecule has 1 heterocycles. The predicted octanol–water partition coefficient (Wildman–Crippen LogP) is 2.16. The van der Waals surface area contributed by atoms with Gasteiger partial charge in [0.25, 0.3) is 0 Å². The average molecular weight is 242 g/mol. The first kappa shape index (κ1) is 12.5. The number of anilines is 1. The topological polar surface area (TPSA) is 63.8 Å². The molecule has 0 radical (unpaired) electrons. The first-order valence-corrected chi connectivity index (χ1v) is 6.01. The molecule has 4 nitrogen and oxygen atoms in total. The van der Waals surface area contributed by atoms with Gasteiger partial charge in [-0.05, 0) is 25.0 Å². The second-order valence-corrected chi connectivity index (χ2v) is 4.32. The van der Waals surface area contributed by atoms with Crippen molar-refractivity contribution in [3.8, 4) is 0 Å². The van der Waals surface area contributed by atoms with Gasteiger partial charge in [-0.2, -0.15) is 0 Å². The number of rotatable bonds is 4. The van der Waals surface area contributed by atoms with Crippen LogP contribution in [0.3, 0.4) is 0 Å². The lowest BCUT2D eigenvalue weighted by atomic mass is 10.1. The third-order valence-corrected chi connectivity index (χ3v) is 2.70. The number of nitrogens with one attached hydrogen (secondary N) is 1. The van der Waals surface area contributed by atoms with Crippen molar-refractivity contribution in [2.75, 3.05) is 5.32 Å². The summed E-state index contributed by atoms with van der Waals surface area (Å²) in [6.07, 6.45) is 0. The Bertz CT molecular complexity index is 500. The van der Waals surface area contributed by atoms with Gasteiger partial charge in [0.15, 0.2) is 0 Å². The van der Waals surface area contributed by atoms with Crippen molar-refractivity contribution in [2.45, 2.75) is 26.9 Å². The molecule has 0 fully saturated rings. The van der Waals surface area contributed by atoms with E-state index in [1.54, 1.807) is 0 Å². The number of nitrogens with zero attached hydrogens (tertiary/aromatic N) is 2. The molecule has 4 heteroatoms. The second-order valence-electron chi connectivity index (χ2n) is 4.32. The lowest BCUT2D eigenvalue weighted by Crippen LogP contribution is -2.04. The maximum atomic E-state index is 5.57. The molecule has 0 saturated heterocycles. The van der Waals surface area contributed by atoms with Gasteiger partial charge in [0.1, 0.15) is 11.6 Å². The van der Waals surface area contributed by atoms with Crippen molar-refractivity contribution in [1.29, 1.82) is 0 Å². The minimum Gasteiger partial charge on any atom is -0.366 e. The van der Waals surface area contributed by atoms with E-state index in [2.05, 4.69) is 27.4 Å². The highest BCUT2D eigenvalue weighted by Crippen LogP contribution is 2.09. The fourth-order valence-electron chi connectivity index (χ4n) is 1.79. The standard InChI is InChI=1S/C14H18N4/c1-10-7-14(18-11(2)17-10)16-9-13-5-3-12(8-15)4-6-13/h3-7H,8-9,15H2,1-2H3,(H,16,17,18). The lowest BCUT2D eigenvalue weighted by molar-refractivity contribution is 0.990. The first-order chi connectivity index (χ1) is 8.67. The summed E-state index contributed by atoms with van der Waals surface area (Å²) in [7, 11) is 0. The van der Waals surface area contributed by atoms with Gasteiger partial charge in [-0.25, -0.2) is 9.97 Å². The SMILES string of the molecule is Cc1cc(NCc2ccc(CN)cc2)nc(C)n1. The molecule has 0 amide bonds. The van der Waals surface area contributed by atoms with Crippen molar-refractivity contribution in [1.82, 2.24) is 9.97 Å². The molecule has 1 aromatic carbocycles. The van der Waals surface area contributed by atoms with E-state index in [4.69, 9.17) is 5.73 Å². The fraction of sp³-hybridized carbons (Fsp3) is 0.286. The zero-order valence-electron chi connectivity index (χ0n) is 10.8. The van der Waals surface area contributed by atoms with Crippen LogP contribution in [0.2, 0.25) is 0 Å². The van der Waals surface area contributed by atoms with Crippen LogP contribution in [0.5, 0.6) is 0 Å². The molecule has 0 unspecified atom stereocenters. The molecule has 0 bridgehead atoms. The molecule has 0 aliphatic rings. The van der Waals surface area contributed by atoms with Gasteiger partial charge in [-0.3, -0.25) is 0 Å². The Kier molecular flexibility index (Phi) is 3.89. The van der Waals surface area contributed by atoms with E-state index >= 15 is 0 Å². The van der Waals surface area contributed by atoms with E-state index < -0.39 is 0 Å². The van der Waals surface area contributed by atoms with Crippen LogP contribution in [0, 0.1) is 13.8 Å². The normalized spacial score (nSPS) is 10.4. The number of benzene rings is 1. The van der Waals surface area contributed by atoms with Crippen molar-refractivity contribution >= 4 is 5.82 Å². The highest BCUT2D eigenvalue weighted by Gasteiger charge is 1.99. The monoisotopic (exact) mass is 242 g/mol. The maximum absolute atomic E-state index is 5.57. The summed E-state index contributed by atoms with van der Waals surface area (Å²) < 4.78 is 0. The number of aromatic nitrogens is 2. The molecule has 18 heavy (non-hydrogen) atoms. The molecule has 1 aromatic heterocycles. The van der Waals surface area contributed by atoms with Crippen LogP contribution in [0.25, 0.3) is 0 Å². The van der Waals surface area contributed by atoms with E-state index in [-0.39, 0.29) is 0 Å². The van der Waals surface area contributed by atoms with Crippen LogP contribution in [0.4, 0.5) is 5.82 Å². The highest BCUT2D eigenvalue weighted by molar-refractivity contribution is 5.37. The number of aryl methyl sites for hydroxylation is 2. The molecule has 0 aliphatic carbocycles. The van der Waals surface area contributed by atoms with Crippen molar-refractivity contribution in [3.63, 3.8) is 0 Å². The van der Waals surface area contributed by atoms with E-state index in [0.717, 1.165) is 29.4 Å². The molecule has 94 valence electrons. The Hall–Kier alpha value is -1.94. The lowest BCUT2D eigenvalue weighted by Gasteiger charge is -2.07. The summed E-state index contributed by atoms with van der Waals surface area (Å²) in [6.45, 7) is 5.20. The number of hydrogen-bond acceptors (Lipinski definition) is 4. The average Bonchev–Trinajstić information content (AvgIpc) is 2.36. The van der Waals surface area contributed by atoms with E-state index in [0.29, 0.717) is 6.54 Å². The molecule has 2 rings (SSSR count). The molecular formula is C14H18N4. The molecule has 3 N–H and O–H groups in total. The van der Waals surface area contributed by atoms with Crippen LogP contribution in [0.15, 0.2) is 30.3 Å². The van der Waals surface area contributed by atoms with Crippen LogP contribution < -0.4 is 11.1 Å². The van der Waals surface area contributed by atoms with E-state index in [1.807, 2.05) is 32.0 Å². The van der Waals surface area contributed by atoms with Crippen LogP contribution >= 0.6 is 0 Å². The van der Waals surface area contributed by atoms with Crippen molar-refractivity contribution in [3.05, 3.63) is 53.0 Å². The smallest absolute Gasteiger partial charge is 0.130 e. The summed E-state index contributed by atoms with van der Waals surface area (Å²) in [5.74, 6) is 1.65. The minimum atomic E-state index is 0.581. The molecule has 0 saturated carbocycles. The zero-order valence-corrected chi connectivity index (χ0v) is 10.8. The summed E-state index contributed by atoms with van der Waals surface area (Å²) in [5.41, 5.74) is 8.90. The van der Waals surface area contributed by atoms with Gasteiger partial charge < -0.3 is 11.1 Å². The van der Waals surface area contributed by atoms with Crippen LogP contribution in [-0.4, -0.2) is 9.97 Å². The van der Waals surface area contributed by atoms with Gasteiger partial charge in [0, 0.05) is 24.8 Å². The molecule has 0 atom stereocenters. The van der Waals surface area contributed by atoms with E-state index in [1.165, 1.54) is 5.56 Å². The number of nitrogens with two attached hydrogens (primary N) is 1. The molecule has 0 aliphatic heterocycles. The Morgan fingerprint density at radius 1 is 1.06 bits per heavy atom. The molecule has 2 aromatic rings. The highest BCUT2D eigenvalue weighted by atomic mass is 15.0. The quantitative estimate of drug-likeness (QED) is 0.862. The maximum Gasteiger partial charge on any atom is 0.130 e. The first-order valence-electron chi connectivity index (χ1n) is 6.01. The summed E-state index contributed by atoms with van der Waals surface area (Å²) in [4.78, 5) is 8.59. The predicted molar refractivity (Wildman–Crippen MR) is 73.2 cm³/mol. The Balaban J connectivity index is 2.01. The van der Waals surface area contributed by atoms with Gasteiger partial charge in [-0.1, -0.05) is 24.3 Å². The van der Waals surface area contributed by atoms with Gasteiger partial charge in [0.05, 0.1) is 0 Å². The van der Waals surface area contributed by atoms with Gasteiger partial charge >= 0.3 is 0 Å². The summed E-state index contributed by atoms with van der Waals surface area (Å²) >= 11 is 0. The van der Waals surface area contributed by atoms with Crippen molar-refractivity contribution < 1.29 is 0 Å². The number of hydrogen-bond donors (Lipinski definition) is 2. The Labute approximate surface area is 107 Å².